The topological polar surface area (TPSA) is 67.2 Å². The van der Waals surface area contributed by atoms with Crippen LogP contribution in [0.5, 0.6) is 0 Å². The molecule has 0 bridgehead atoms. The van der Waals surface area contributed by atoms with Crippen molar-refractivity contribution < 1.29 is 4.79 Å². The first-order chi connectivity index (χ1) is 6.69. The fourth-order valence-corrected chi connectivity index (χ4v) is 1.80. The zero-order valence-electron chi connectivity index (χ0n) is 7.96. The fraction of sp³-hybridized carbons (Fsp3) is 0.222. The molecule has 0 fully saturated rings. The molecule has 1 aromatic rings. The minimum absolute atomic E-state index is 0.158. The number of hydrogen-bond donors (Lipinski definition) is 3. The second-order valence-electron chi connectivity index (χ2n) is 2.64. The van der Waals surface area contributed by atoms with Crippen LogP contribution < -0.4 is 16.4 Å². The van der Waals surface area contributed by atoms with Crippen LogP contribution in [0.25, 0.3) is 0 Å². The second-order valence-corrected chi connectivity index (χ2v) is 3.70. The molecule has 1 aromatic heterocycles. The van der Waals surface area contributed by atoms with E-state index in [-0.39, 0.29) is 5.91 Å². The standard InChI is InChI=1S/C9H13N3OS/c1-3-4-12-9(13)8-6(10)5-7(11-2)14-8/h3,5,11H,1,4,10H2,2H3,(H,12,13). The third-order valence-corrected chi connectivity index (χ3v) is 2.79. The zero-order valence-corrected chi connectivity index (χ0v) is 8.78. The van der Waals surface area contributed by atoms with Crippen molar-refractivity contribution in [2.45, 2.75) is 0 Å². The van der Waals surface area contributed by atoms with Crippen LogP contribution in [-0.4, -0.2) is 19.5 Å². The largest absolute Gasteiger partial charge is 0.397 e. The van der Waals surface area contributed by atoms with Crippen LogP contribution >= 0.6 is 11.3 Å². The van der Waals surface area contributed by atoms with Gasteiger partial charge in [-0.1, -0.05) is 6.08 Å². The summed E-state index contributed by atoms with van der Waals surface area (Å²) in [4.78, 5) is 12.0. The first-order valence-electron chi connectivity index (χ1n) is 4.15. The summed E-state index contributed by atoms with van der Waals surface area (Å²) in [6.07, 6.45) is 1.63. The highest BCUT2D eigenvalue weighted by atomic mass is 32.1. The van der Waals surface area contributed by atoms with Crippen LogP contribution in [0.2, 0.25) is 0 Å². The number of nitrogen functional groups attached to an aromatic ring is 1. The summed E-state index contributed by atoms with van der Waals surface area (Å²) in [5, 5.41) is 6.49. The average Bonchev–Trinajstić information content (AvgIpc) is 2.56. The predicted molar refractivity (Wildman–Crippen MR) is 60.8 cm³/mol. The van der Waals surface area contributed by atoms with Crippen LogP contribution in [0.4, 0.5) is 10.7 Å². The molecule has 0 aromatic carbocycles. The Labute approximate surface area is 86.8 Å². The van der Waals surface area contributed by atoms with E-state index in [2.05, 4.69) is 17.2 Å². The Morgan fingerprint density at radius 1 is 1.79 bits per heavy atom. The summed E-state index contributed by atoms with van der Waals surface area (Å²) >= 11 is 1.34. The highest BCUT2D eigenvalue weighted by Gasteiger charge is 2.12. The molecule has 0 saturated carbocycles. The van der Waals surface area contributed by atoms with E-state index in [4.69, 9.17) is 5.73 Å². The number of anilines is 2. The molecule has 0 atom stereocenters. The van der Waals surface area contributed by atoms with Crippen molar-refractivity contribution >= 4 is 27.9 Å². The third kappa shape index (κ3) is 2.26. The lowest BCUT2D eigenvalue weighted by atomic mass is 10.3. The summed E-state index contributed by atoms with van der Waals surface area (Å²) in [5.74, 6) is -0.158. The third-order valence-electron chi connectivity index (χ3n) is 1.62. The fourth-order valence-electron chi connectivity index (χ4n) is 0.951. The average molecular weight is 211 g/mol. The van der Waals surface area contributed by atoms with Gasteiger partial charge in [0.2, 0.25) is 0 Å². The van der Waals surface area contributed by atoms with Crippen LogP contribution in [0, 0.1) is 0 Å². The number of nitrogens with one attached hydrogen (secondary N) is 2. The van der Waals surface area contributed by atoms with Crippen LogP contribution in [0.15, 0.2) is 18.7 Å². The Morgan fingerprint density at radius 3 is 3.00 bits per heavy atom. The van der Waals surface area contributed by atoms with Gasteiger partial charge >= 0.3 is 0 Å². The summed E-state index contributed by atoms with van der Waals surface area (Å²) in [6, 6.07) is 1.74. The number of carbonyl (C=O) groups is 1. The maximum atomic E-state index is 11.5. The van der Waals surface area contributed by atoms with Crippen molar-refractivity contribution in [3.05, 3.63) is 23.6 Å². The van der Waals surface area contributed by atoms with Gasteiger partial charge < -0.3 is 16.4 Å². The number of nitrogens with two attached hydrogens (primary N) is 1. The molecule has 1 rings (SSSR count). The Morgan fingerprint density at radius 2 is 2.50 bits per heavy atom. The van der Waals surface area contributed by atoms with Crippen LogP contribution in [-0.2, 0) is 0 Å². The Hall–Kier alpha value is -1.49. The molecule has 0 saturated heterocycles. The van der Waals surface area contributed by atoms with Gasteiger partial charge in [-0.15, -0.1) is 17.9 Å². The van der Waals surface area contributed by atoms with E-state index >= 15 is 0 Å². The first kappa shape index (κ1) is 10.6. The number of carbonyl (C=O) groups excluding carboxylic acids is 1. The molecule has 0 unspecified atom stereocenters. The van der Waals surface area contributed by atoms with Gasteiger partial charge in [-0.3, -0.25) is 4.79 Å². The summed E-state index contributed by atoms with van der Waals surface area (Å²) in [6.45, 7) is 3.96. The van der Waals surface area contributed by atoms with Crippen molar-refractivity contribution in [3.63, 3.8) is 0 Å². The molecule has 0 aliphatic rings. The van der Waals surface area contributed by atoms with Crippen LogP contribution in [0.3, 0.4) is 0 Å². The number of hydrogen-bond acceptors (Lipinski definition) is 4. The minimum atomic E-state index is -0.158. The lowest BCUT2D eigenvalue weighted by Crippen LogP contribution is -2.22. The number of amides is 1. The van der Waals surface area contributed by atoms with Gasteiger partial charge in [0.25, 0.3) is 5.91 Å². The molecule has 1 amide bonds. The Balaban J connectivity index is 2.78. The lowest BCUT2D eigenvalue weighted by Gasteiger charge is -1.99. The number of rotatable bonds is 4. The molecule has 1 heterocycles. The van der Waals surface area contributed by atoms with Gasteiger partial charge in [0.15, 0.2) is 0 Å². The number of thiophene rings is 1. The van der Waals surface area contributed by atoms with E-state index < -0.39 is 0 Å². The molecule has 76 valence electrons. The first-order valence-corrected chi connectivity index (χ1v) is 4.96. The predicted octanol–water partition coefficient (Wildman–Crippen LogP) is 1.29. The van der Waals surface area contributed by atoms with E-state index in [0.717, 1.165) is 5.00 Å². The molecular formula is C9H13N3OS. The quantitative estimate of drug-likeness (QED) is 0.657. The Bertz CT molecular complexity index is 346. The van der Waals surface area contributed by atoms with Gasteiger partial charge in [-0.25, -0.2) is 0 Å². The maximum absolute atomic E-state index is 11.5. The van der Waals surface area contributed by atoms with Crippen LogP contribution in [0.1, 0.15) is 9.67 Å². The van der Waals surface area contributed by atoms with Crippen molar-refractivity contribution in [1.29, 1.82) is 0 Å². The summed E-state index contributed by atoms with van der Waals surface area (Å²) in [5.41, 5.74) is 6.17. The van der Waals surface area contributed by atoms with E-state index in [1.54, 1.807) is 19.2 Å². The van der Waals surface area contributed by atoms with Gasteiger partial charge in [0.1, 0.15) is 4.88 Å². The van der Waals surface area contributed by atoms with Gasteiger partial charge in [-0.05, 0) is 6.07 Å². The molecule has 0 aliphatic carbocycles. The van der Waals surface area contributed by atoms with Crippen molar-refractivity contribution in [3.8, 4) is 0 Å². The normalized spacial score (nSPS) is 9.50. The van der Waals surface area contributed by atoms with Crippen molar-refractivity contribution in [1.82, 2.24) is 5.32 Å². The molecule has 4 nitrogen and oxygen atoms in total. The second kappa shape index (κ2) is 4.66. The molecule has 14 heavy (non-hydrogen) atoms. The smallest absolute Gasteiger partial charge is 0.263 e. The van der Waals surface area contributed by atoms with E-state index in [0.29, 0.717) is 17.1 Å². The highest BCUT2D eigenvalue weighted by Crippen LogP contribution is 2.28. The molecule has 0 spiro atoms. The van der Waals surface area contributed by atoms with Gasteiger partial charge in [0.05, 0.1) is 10.7 Å². The summed E-state index contributed by atoms with van der Waals surface area (Å²) in [7, 11) is 1.79. The van der Waals surface area contributed by atoms with E-state index in [1.807, 2.05) is 0 Å². The highest BCUT2D eigenvalue weighted by molar-refractivity contribution is 7.18. The van der Waals surface area contributed by atoms with Crippen molar-refractivity contribution in [2.24, 2.45) is 0 Å². The van der Waals surface area contributed by atoms with Gasteiger partial charge in [-0.2, -0.15) is 0 Å². The molecule has 0 radical (unpaired) electrons. The van der Waals surface area contributed by atoms with E-state index in [1.165, 1.54) is 11.3 Å². The summed E-state index contributed by atoms with van der Waals surface area (Å²) < 4.78 is 0. The molecule has 4 N–H and O–H groups in total. The maximum Gasteiger partial charge on any atom is 0.263 e. The molecular weight excluding hydrogens is 198 g/mol. The monoisotopic (exact) mass is 211 g/mol. The van der Waals surface area contributed by atoms with E-state index in [9.17, 15) is 4.79 Å². The minimum Gasteiger partial charge on any atom is -0.397 e. The van der Waals surface area contributed by atoms with Gasteiger partial charge in [0, 0.05) is 13.6 Å². The lowest BCUT2D eigenvalue weighted by molar-refractivity contribution is 0.0963. The SMILES string of the molecule is C=CCNC(=O)c1sc(NC)cc1N. The molecule has 5 heteroatoms. The molecule has 0 aliphatic heterocycles. The zero-order chi connectivity index (χ0) is 10.6. The van der Waals surface area contributed by atoms with Crippen molar-refractivity contribution in [2.75, 3.05) is 24.6 Å². The Kier molecular flexibility index (Phi) is 3.53.